The van der Waals surface area contributed by atoms with Crippen LogP contribution in [0.25, 0.3) is 0 Å². The summed E-state index contributed by atoms with van der Waals surface area (Å²) in [5.74, 6) is 1.87. The van der Waals surface area contributed by atoms with E-state index in [0.717, 1.165) is 22.4 Å². The Morgan fingerprint density at radius 3 is 2.71 bits per heavy atom. The molecule has 94 valence electrons. The summed E-state index contributed by atoms with van der Waals surface area (Å²) in [5, 5.41) is 7.43. The van der Waals surface area contributed by atoms with Crippen LogP contribution in [0, 0.1) is 6.92 Å². The van der Waals surface area contributed by atoms with Crippen molar-refractivity contribution in [2.45, 2.75) is 37.5 Å². The van der Waals surface area contributed by atoms with E-state index >= 15 is 0 Å². The highest BCUT2D eigenvalue weighted by molar-refractivity contribution is 7.99. The summed E-state index contributed by atoms with van der Waals surface area (Å²) in [4.78, 5) is 8.53. The first-order valence-corrected chi connectivity index (χ1v) is 7.32. The van der Waals surface area contributed by atoms with Crippen LogP contribution in [0.15, 0.2) is 6.33 Å². The van der Waals surface area contributed by atoms with Crippen LogP contribution < -0.4 is 10.6 Å². The molecule has 0 radical (unpaired) electrons. The third-order valence-electron chi connectivity index (χ3n) is 3.38. The average Bonchev–Trinajstić information content (AvgIpc) is 2.79. The molecule has 1 saturated carbocycles. The van der Waals surface area contributed by atoms with Gasteiger partial charge in [-0.25, -0.2) is 9.97 Å². The van der Waals surface area contributed by atoms with Gasteiger partial charge in [-0.05, 0) is 32.4 Å². The molecule has 1 aliphatic carbocycles. The van der Waals surface area contributed by atoms with Gasteiger partial charge < -0.3 is 10.6 Å². The van der Waals surface area contributed by atoms with Crippen LogP contribution in [-0.2, 0) is 0 Å². The molecule has 1 aromatic rings. The minimum absolute atomic E-state index is 0.561. The molecule has 2 atom stereocenters. The van der Waals surface area contributed by atoms with Crippen molar-refractivity contribution in [3.8, 4) is 0 Å². The molecule has 0 aromatic carbocycles. The second-order valence-corrected chi connectivity index (χ2v) is 5.60. The van der Waals surface area contributed by atoms with E-state index in [4.69, 9.17) is 0 Å². The van der Waals surface area contributed by atoms with Crippen molar-refractivity contribution in [2.75, 3.05) is 23.9 Å². The minimum Gasteiger partial charge on any atom is -0.373 e. The maximum atomic E-state index is 4.33. The van der Waals surface area contributed by atoms with Gasteiger partial charge in [0.15, 0.2) is 0 Å². The third-order valence-corrected chi connectivity index (χ3v) is 4.47. The van der Waals surface area contributed by atoms with Crippen LogP contribution in [0.4, 0.5) is 11.6 Å². The number of thioether (sulfide) groups is 1. The number of anilines is 2. The monoisotopic (exact) mass is 252 g/mol. The van der Waals surface area contributed by atoms with Crippen LogP contribution in [0.3, 0.4) is 0 Å². The Kier molecular flexibility index (Phi) is 4.10. The number of nitrogens with one attached hydrogen (secondary N) is 2. The number of rotatable bonds is 4. The van der Waals surface area contributed by atoms with Gasteiger partial charge in [0.25, 0.3) is 0 Å². The Morgan fingerprint density at radius 2 is 2.06 bits per heavy atom. The lowest BCUT2D eigenvalue weighted by Crippen LogP contribution is -2.18. The summed E-state index contributed by atoms with van der Waals surface area (Å²) in [6.45, 7) is 2.05. The highest BCUT2D eigenvalue weighted by Crippen LogP contribution is 2.30. The largest absolute Gasteiger partial charge is 0.373 e. The molecule has 1 heterocycles. The molecule has 1 aromatic heterocycles. The topological polar surface area (TPSA) is 49.8 Å². The quantitative estimate of drug-likeness (QED) is 0.862. The molecule has 17 heavy (non-hydrogen) atoms. The number of hydrogen-bond donors (Lipinski definition) is 2. The standard InChI is InChI=1S/C12H20N4S/c1-8-11(13-2)14-7-15-12(8)16-9-4-5-10(6-9)17-3/h7,9-10H,4-6H2,1-3H3,(H2,13,14,15,16). The minimum atomic E-state index is 0.561. The molecule has 1 aliphatic rings. The Labute approximate surface area is 107 Å². The number of aromatic nitrogens is 2. The van der Waals surface area contributed by atoms with Crippen LogP contribution in [0.2, 0.25) is 0 Å². The zero-order valence-corrected chi connectivity index (χ0v) is 11.5. The summed E-state index contributed by atoms with van der Waals surface area (Å²) < 4.78 is 0. The predicted octanol–water partition coefficient (Wildman–Crippen LogP) is 2.52. The molecule has 0 saturated heterocycles. The summed E-state index contributed by atoms with van der Waals surface area (Å²) in [5.41, 5.74) is 1.10. The molecule has 2 rings (SSSR count). The first-order valence-electron chi connectivity index (χ1n) is 6.03. The van der Waals surface area contributed by atoms with E-state index in [1.807, 2.05) is 18.8 Å². The fourth-order valence-corrected chi connectivity index (χ4v) is 3.12. The van der Waals surface area contributed by atoms with Gasteiger partial charge in [-0.2, -0.15) is 11.8 Å². The normalized spacial score (nSPS) is 23.7. The van der Waals surface area contributed by atoms with Crippen molar-refractivity contribution in [3.05, 3.63) is 11.9 Å². The first-order chi connectivity index (χ1) is 8.24. The zero-order chi connectivity index (χ0) is 12.3. The molecular formula is C12H20N4S. The second kappa shape index (κ2) is 5.58. The van der Waals surface area contributed by atoms with E-state index in [-0.39, 0.29) is 0 Å². The maximum absolute atomic E-state index is 4.33. The van der Waals surface area contributed by atoms with Crippen molar-refractivity contribution >= 4 is 23.4 Å². The molecule has 2 N–H and O–H groups in total. The first kappa shape index (κ1) is 12.5. The smallest absolute Gasteiger partial charge is 0.134 e. The van der Waals surface area contributed by atoms with E-state index in [9.17, 15) is 0 Å². The van der Waals surface area contributed by atoms with E-state index in [2.05, 4.69) is 33.8 Å². The average molecular weight is 252 g/mol. The summed E-state index contributed by atoms with van der Waals surface area (Å²) >= 11 is 1.97. The van der Waals surface area contributed by atoms with Crippen molar-refractivity contribution in [1.29, 1.82) is 0 Å². The lowest BCUT2D eigenvalue weighted by molar-refractivity contribution is 0.750. The van der Waals surface area contributed by atoms with Gasteiger partial charge >= 0.3 is 0 Å². The number of nitrogens with zero attached hydrogens (tertiary/aromatic N) is 2. The van der Waals surface area contributed by atoms with Gasteiger partial charge in [0, 0.05) is 23.9 Å². The fourth-order valence-electron chi connectivity index (χ4n) is 2.33. The zero-order valence-electron chi connectivity index (χ0n) is 10.7. The van der Waals surface area contributed by atoms with Gasteiger partial charge in [-0.1, -0.05) is 0 Å². The van der Waals surface area contributed by atoms with Gasteiger partial charge in [-0.3, -0.25) is 0 Å². The van der Waals surface area contributed by atoms with E-state index in [0.29, 0.717) is 6.04 Å². The predicted molar refractivity (Wildman–Crippen MR) is 74.9 cm³/mol. The van der Waals surface area contributed by atoms with Gasteiger partial charge in [-0.15, -0.1) is 0 Å². The van der Waals surface area contributed by atoms with E-state index in [1.54, 1.807) is 6.33 Å². The van der Waals surface area contributed by atoms with Crippen LogP contribution in [0.1, 0.15) is 24.8 Å². The second-order valence-electron chi connectivity index (χ2n) is 4.46. The van der Waals surface area contributed by atoms with E-state index in [1.165, 1.54) is 19.3 Å². The Bertz CT molecular complexity index is 383. The van der Waals surface area contributed by atoms with Crippen LogP contribution >= 0.6 is 11.8 Å². The molecule has 4 nitrogen and oxygen atoms in total. The van der Waals surface area contributed by atoms with Gasteiger partial charge in [0.2, 0.25) is 0 Å². The van der Waals surface area contributed by atoms with Crippen LogP contribution in [-0.4, -0.2) is 34.6 Å². The molecule has 0 bridgehead atoms. The van der Waals surface area contributed by atoms with Crippen molar-refractivity contribution in [3.63, 3.8) is 0 Å². The van der Waals surface area contributed by atoms with Crippen molar-refractivity contribution in [2.24, 2.45) is 0 Å². The van der Waals surface area contributed by atoms with Crippen LogP contribution in [0.5, 0.6) is 0 Å². The van der Waals surface area contributed by atoms with Crippen molar-refractivity contribution in [1.82, 2.24) is 9.97 Å². The molecule has 0 aliphatic heterocycles. The lowest BCUT2D eigenvalue weighted by Gasteiger charge is -2.16. The highest BCUT2D eigenvalue weighted by Gasteiger charge is 2.24. The Balaban J connectivity index is 2.04. The molecule has 1 fully saturated rings. The van der Waals surface area contributed by atoms with Crippen molar-refractivity contribution < 1.29 is 0 Å². The highest BCUT2D eigenvalue weighted by atomic mass is 32.2. The summed E-state index contributed by atoms with van der Waals surface area (Å²) in [6, 6.07) is 0.561. The Hall–Kier alpha value is -0.970. The Morgan fingerprint density at radius 1 is 1.29 bits per heavy atom. The molecular weight excluding hydrogens is 232 g/mol. The molecule has 5 heteroatoms. The summed E-state index contributed by atoms with van der Waals surface area (Å²) in [7, 11) is 1.89. The third kappa shape index (κ3) is 2.83. The maximum Gasteiger partial charge on any atom is 0.134 e. The molecule has 2 unspecified atom stereocenters. The molecule has 0 amide bonds. The SMILES string of the molecule is CNc1ncnc(NC2CCC(SC)C2)c1C. The summed E-state index contributed by atoms with van der Waals surface area (Å²) in [6.07, 6.45) is 7.59. The number of hydrogen-bond acceptors (Lipinski definition) is 5. The van der Waals surface area contributed by atoms with E-state index < -0.39 is 0 Å². The fraction of sp³-hybridized carbons (Fsp3) is 0.667. The van der Waals surface area contributed by atoms with Gasteiger partial charge in [0.05, 0.1) is 0 Å². The lowest BCUT2D eigenvalue weighted by atomic mass is 10.2. The van der Waals surface area contributed by atoms with Gasteiger partial charge in [0.1, 0.15) is 18.0 Å². The molecule has 0 spiro atoms.